The number of amides is 2. The quantitative estimate of drug-likeness (QED) is 0.407. The number of carbonyl (C=O) groups excluding carboxylic acids is 3. The minimum absolute atomic E-state index is 0.0415. The van der Waals surface area contributed by atoms with Crippen LogP contribution in [0.5, 0.6) is 0 Å². The first kappa shape index (κ1) is 19.8. The molecule has 0 bridgehead atoms. The third kappa shape index (κ3) is 4.64. The zero-order chi connectivity index (χ0) is 20.0. The van der Waals surface area contributed by atoms with Crippen LogP contribution in [0.3, 0.4) is 0 Å². The molecule has 146 valence electrons. The fraction of sp³-hybridized carbons (Fsp3) is 0.318. The number of hydroxylamine groups is 1. The van der Waals surface area contributed by atoms with Crippen LogP contribution in [0, 0.1) is 0 Å². The molecular formula is C22H24N2O4. The Balaban J connectivity index is 1.73. The van der Waals surface area contributed by atoms with Gasteiger partial charge in [0.2, 0.25) is 5.91 Å². The Bertz CT molecular complexity index is 841. The van der Waals surface area contributed by atoms with E-state index in [1.807, 2.05) is 6.07 Å². The van der Waals surface area contributed by atoms with Gasteiger partial charge >= 0.3 is 0 Å². The van der Waals surface area contributed by atoms with Gasteiger partial charge in [-0.2, -0.15) is 0 Å². The van der Waals surface area contributed by atoms with Gasteiger partial charge in [0.1, 0.15) is 0 Å². The van der Waals surface area contributed by atoms with Crippen molar-refractivity contribution in [2.75, 3.05) is 0 Å². The predicted octanol–water partition coefficient (Wildman–Crippen LogP) is 3.25. The topological polar surface area (TPSA) is 95.5 Å². The highest BCUT2D eigenvalue weighted by atomic mass is 16.5. The lowest BCUT2D eigenvalue weighted by Gasteiger charge is -2.37. The molecule has 2 aromatic carbocycles. The van der Waals surface area contributed by atoms with Gasteiger partial charge in [0.05, 0.1) is 6.42 Å². The summed E-state index contributed by atoms with van der Waals surface area (Å²) in [5.74, 6) is -0.895. The second kappa shape index (κ2) is 8.80. The Morgan fingerprint density at radius 2 is 1.39 bits per heavy atom. The van der Waals surface area contributed by atoms with Gasteiger partial charge in [-0.1, -0.05) is 61.7 Å². The number of rotatable bonds is 6. The van der Waals surface area contributed by atoms with Crippen molar-refractivity contribution in [1.29, 1.82) is 0 Å². The molecule has 1 aliphatic rings. The second-order valence-corrected chi connectivity index (χ2v) is 7.28. The zero-order valence-corrected chi connectivity index (χ0v) is 15.6. The first-order valence-electron chi connectivity index (χ1n) is 9.48. The molecule has 0 radical (unpaired) electrons. The number of benzene rings is 2. The summed E-state index contributed by atoms with van der Waals surface area (Å²) < 4.78 is 0. The van der Waals surface area contributed by atoms with E-state index in [2.05, 4.69) is 5.32 Å². The minimum Gasteiger partial charge on any atom is -0.346 e. The highest BCUT2D eigenvalue weighted by Gasteiger charge is 2.36. The van der Waals surface area contributed by atoms with Crippen LogP contribution in [-0.2, 0) is 4.79 Å². The molecule has 0 unspecified atom stereocenters. The zero-order valence-electron chi connectivity index (χ0n) is 15.6. The van der Waals surface area contributed by atoms with E-state index in [0.29, 0.717) is 29.5 Å². The van der Waals surface area contributed by atoms with E-state index in [4.69, 9.17) is 5.21 Å². The third-order valence-corrected chi connectivity index (χ3v) is 5.26. The average Bonchev–Trinajstić information content (AvgIpc) is 2.74. The summed E-state index contributed by atoms with van der Waals surface area (Å²) in [5, 5.41) is 11.9. The summed E-state index contributed by atoms with van der Waals surface area (Å²) in [7, 11) is 0. The molecule has 0 aliphatic heterocycles. The van der Waals surface area contributed by atoms with Crippen molar-refractivity contribution in [3.63, 3.8) is 0 Å². The molecule has 1 fully saturated rings. The number of hydrogen-bond acceptors (Lipinski definition) is 4. The molecule has 6 nitrogen and oxygen atoms in total. The van der Waals surface area contributed by atoms with Gasteiger partial charge in [0, 0.05) is 22.2 Å². The van der Waals surface area contributed by atoms with E-state index in [1.54, 1.807) is 54.0 Å². The molecule has 1 saturated carbocycles. The average molecular weight is 380 g/mol. The summed E-state index contributed by atoms with van der Waals surface area (Å²) in [6, 6.07) is 15.5. The van der Waals surface area contributed by atoms with Crippen molar-refractivity contribution in [1.82, 2.24) is 10.8 Å². The molecule has 3 N–H and O–H groups in total. The monoisotopic (exact) mass is 380 g/mol. The van der Waals surface area contributed by atoms with E-state index < -0.39 is 11.4 Å². The summed E-state index contributed by atoms with van der Waals surface area (Å²) in [6.07, 6.45) is 4.33. The van der Waals surface area contributed by atoms with Crippen LogP contribution in [0.1, 0.15) is 64.8 Å². The second-order valence-electron chi connectivity index (χ2n) is 7.28. The summed E-state index contributed by atoms with van der Waals surface area (Å²) in [4.78, 5) is 36.9. The van der Waals surface area contributed by atoms with Crippen LogP contribution in [0.15, 0.2) is 54.6 Å². The Hall–Kier alpha value is -2.99. The Labute approximate surface area is 163 Å². The van der Waals surface area contributed by atoms with Crippen molar-refractivity contribution in [3.05, 3.63) is 71.3 Å². The minimum atomic E-state index is -0.652. The Morgan fingerprint density at radius 3 is 2.00 bits per heavy atom. The van der Waals surface area contributed by atoms with Crippen molar-refractivity contribution >= 4 is 17.6 Å². The van der Waals surface area contributed by atoms with Gasteiger partial charge in [0.15, 0.2) is 5.78 Å². The van der Waals surface area contributed by atoms with Gasteiger partial charge in [-0.05, 0) is 25.0 Å². The van der Waals surface area contributed by atoms with E-state index in [1.165, 1.54) is 0 Å². The molecule has 6 heteroatoms. The Kier molecular flexibility index (Phi) is 6.21. The van der Waals surface area contributed by atoms with E-state index >= 15 is 0 Å². The largest absolute Gasteiger partial charge is 0.346 e. The highest BCUT2D eigenvalue weighted by Crippen LogP contribution is 2.31. The lowest BCUT2D eigenvalue weighted by Crippen LogP contribution is -2.52. The molecule has 2 amide bonds. The number of ketones is 1. The maximum Gasteiger partial charge on any atom is 0.251 e. The maximum absolute atomic E-state index is 12.7. The van der Waals surface area contributed by atoms with Crippen molar-refractivity contribution < 1.29 is 19.6 Å². The fourth-order valence-corrected chi connectivity index (χ4v) is 3.76. The molecule has 0 aromatic heterocycles. The first-order chi connectivity index (χ1) is 13.5. The Morgan fingerprint density at radius 1 is 0.821 bits per heavy atom. The standard InChI is InChI=1S/C22H24N2O4/c25-19(24-28)15-22(13-5-2-6-14-22)23-21(27)18-11-9-17(10-12-18)20(26)16-7-3-1-4-8-16/h1,3-4,7-12,28H,2,5-6,13-15H2,(H,23,27)(H,24,25). The highest BCUT2D eigenvalue weighted by molar-refractivity contribution is 6.09. The number of carbonyl (C=O) groups is 3. The summed E-state index contributed by atoms with van der Waals surface area (Å²) in [6.45, 7) is 0. The van der Waals surface area contributed by atoms with Crippen LogP contribution in [0.25, 0.3) is 0 Å². The van der Waals surface area contributed by atoms with Crippen molar-refractivity contribution in [2.24, 2.45) is 0 Å². The molecule has 0 spiro atoms. The van der Waals surface area contributed by atoms with Crippen LogP contribution in [-0.4, -0.2) is 28.3 Å². The van der Waals surface area contributed by atoms with Gasteiger partial charge in [-0.25, -0.2) is 5.48 Å². The number of nitrogens with one attached hydrogen (secondary N) is 2. The molecule has 2 aromatic rings. The smallest absolute Gasteiger partial charge is 0.251 e. The molecule has 0 saturated heterocycles. The van der Waals surface area contributed by atoms with Crippen molar-refractivity contribution in [3.8, 4) is 0 Å². The van der Waals surface area contributed by atoms with Crippen LogP contribution in [0.2, 0.25) is 0 Å². The third-order valence-electron chi connectivity index (χ3n) is 5.26. The normalized spacial score (nSPS) is 15.5. The molecule has 0 atom stereocenters. The molecular weight excluding hydrogens is 356 g/mol. The van der Waals surface area contributed by atoms with Crippen molar-refractivity contribution in [2.45, 2.75) is 44.1 Å². The van der Waals surface area contributed by atoms with E-state index in [-0.39, 0.29) is 18.1 Å². The maximum atomic E-state index is 12.7. The van der Waals surface area contributed by atoms with E-state index in [0.717, 1.165) is 19.3 Å². The molecule has 28 heavy (non-hydrogen) atoms. The first-order valence-corrected chi connectivity index (χ1v) is 9.48. The summed E-state index contributed by atoms with van der Waals surface area (Å²) >= 11 is 0. The predicted molar refractivity (Wildman–Crippen MR) is 104 cm³/mol. The van der Waals surface area contributed by atoms with Crippen LogP contribution < -0.4 is 10.8 Å². The van der Waals surface area contributed by atoms with E-state index in [9.17, 15) is 14.4 Å². The molecule has 0 heterocycles. The SMILES string of the molecule is O=C(CC1(NC(=O)c2ccc(C(=O)c3ccccc3)cc2)CCCCC1)NO. The van der Waals surface area contributed by atoms with Gasteiger partial charge in [0.25, 0.3) is 5.91 Å². The summed E-state index contributed by atoms with van der Waals surface area (Å²) in [5.41, 5.74) is 2.54. The number of hydrogen-bond donors (Lipinski definition) is 3. The van der Waals surface area contributed by atoms with Gasteiger partial charge in [-0.15, -0.1) is 0 Å². The van der Waals surface area contributed by atoms with Crippen LogP contribution >= 0.6 is 0 Å². The lowest BCUT2D eigenvalue weighted by molar-refractivity contribution is -0.131. The van der Waals surface area contributed by atoms with Crippen LogP contribution in [0.4, 0.5) is 0 Å². The lowest BCUT2D eigenvalue weighted by atomic mass is 9.79. The van der Waals surface area contributed by atoms with Gasteiger partial charge in [-0.3, -0.25) is 19.6 Å². The fourth-order valence-electron chi connectivity index (χ4n) is 3.76. The molecule has 3 rings (SSSR count). The molecule has 1 aliphatic carbocycles. The van der Waals surface area contributed by atoms with Gasteiger partial charge < -0.3 is 5.32 Å².